The molecule has 1 unspecified atom stereocenters. The van der Waals surface area contributed by atoms with E-state index in [0.717, 1.165) is 6.54 Å². The van der Waals surface area contributed by atoms with Crippen LogP contribution in [0, 0.1) is 5.41 Å². The van der Waals surface area contributed by atoms with Gasteiger partial charge in [0, 0.05) is 19.0 Å². The summed E-state index contributed by atoms with van der Waals surface area (Å²) in [5, 5.41) is 10.5. The van der Waals surface area contributed by atoms with Gasteiger partial charge in [0.25, 0.3) is 0 Å². The van der Waals surface area contributed by atoms with Gasteiger partial charge in [0.05, 0.1) is 6.54 Å². The van der Waals surface area contributed by atoms with E-state index in [0.29, 0.717) is 25.6 Å². The Kier molecular flexibility index (Phi) is 4.52. The Morgan fingerprint density at radius 1 is 1.58 bits per heavy atom. The lowest BCUT2D eigenvalue weighted by Crippen LogP contribution is -2.52. The van der Waals surface area contributed by atoms with Crippen molar-refractivity contribution in [2.24, 2.45) is 5.41 Å². The SMILES string of the molecule is CC1(C)CCCNC1CNC(=O)CCn1cncn1. The van der Waals surface area contributed by atoms with Crippen molar-refractivity contribution in [1.82, 2.24) is 25.4 Å². The average molecular weight is 265 g/mol. The van der Waals surface area contributed by atoms with Gasteiger partial charge in [0.15, 0.2) is 0 Å². The van der Waals surface area contributed by atoms with Gasteiger partial charge in [-0.3, -0.25) is 9.48 Å². The minimum atomic E-state index is 0.0682. The topological polar surface area (TPSA) is 71.8 Å². The zero-order valence-corrected chi connectivity index (χ0v) is 11.7. The normalized spacial score (nSPS) is 22.1. The van der Waals surface area contributed by atoms with Crippen LogP contribution in [-0.4, -0.2) is 39.8 Å². The Balaban J connectivity index is 1.71. The Hall–Kier alpha value is -1.43. The van der Waals surface area contributed by atoms with Crippen molar-refractivity contribution in [3.05, 3.63) is 12.7 Å². The standard InChI is InChI=1S/C13H23N5O/c1-13(2)5-3-6-15-11(13)8-16-12(19)4-7-18-10-14-9-17-18/h9-11,15H,3-8H2,1-2H3,(H,16,19). The largest absolute Gasteiger partial charge is 0.354 e. The van der Waals surface area contributed by atoms with Gasteiger partial charge in [-0.1, -0.05) is 13.8 Å². The van der Waals surface area contributed by atoms with Gasteiger partial charge in [-0.25, -0.2) is 4.98 Å². The number of aromatic nitrogens is 3. The van der Waals surface area contributed by atoms with Gasteiger partial charge in [-0.2, -0.15) is 5.10 Å². The first-order valence-electron chi connectivity index (χ1n) is 6.90. The molecule has 2 rings (SSSR count). The predicted molar refractivity (Wildman–Crippen MR) is 72.5 cm³/mol. The van der Waals surface area contributed by atoms with E-state index in [2.05, 4.69) is 34.6 Å². The lowest BCUT2D eigenvalue weighted by molar-refractivity contribution is -0.121. The van der Waals surface area contributed by atoms with Crippen LogP contribution in [0.15, 0.2) is 12.7 Å². The highest BCUT2D eigenvalue weighted by molar-refractivity contribution is 5.75. The maximum absolute atomic E-state index is 11.8. The minimum absolute atomic E-state index is 0.0682. The van der Waals surface area contributed by atoms with E-state index in [4.69, 9.17) is 0 Å². The lowest BCUT2D eigenvalue weighted by atomic mass is 9.77. The lowest BCUT2D eigenvalue weighted by Gasteiger charge is -2.39. The molecular weight excluding hydrogens is 242 g/mol. The molecule has 1 aliphatic rings. The summed E-state index contributed by atoms with van der Waals surface area (Å²) in [5.74, 6) is 0.0682. The number of carbonyl (C=O) groups excluding carboxylic acids is 1. The fraction of sp³-hybridized carbons (Fsp3) is 0.769. The van der Waals surface area contributed by atoms with Gasteiger partial charge in [-0.15, -0.1) is 0 Å². The van der Waals surface area contributed by atoms with Crippen molar-refractivity contribution in [3.63, 3.8) is 0 Å². The van der Waals surface area contributed by atoms with E-state index in [-0.39, 0.29) is 11.3 Å². The summed E-state index contributed by atoms with van der Waals surface area (Å²) in [6.07, 6.45) is 5.96. The predicted octanol–water partition coefficient (Wildman–Crippen LogP) is 0.563. The summed E-state index contributed by atoms with van der Waals surface area (Å²) >= 11 is 0. The molecule has 0 bridgehead atoms. The number of hydrogen-bond donors (Lipinski definition) is 2. The van der Waals surface area contributed by atoms with Crippen molar-refractivity contribution in [1.29, 1.82) is 0 Å². The zero-order chi connectivity index (χ0) is 13.7. The summed E-state index contributed by atoms with van der Waals surface area (Å²) in [7, 11) is 0. The highest BCUT2D eigenvalue weighted by Gasteiger charge is 2.31. The summed E-state index contributed by atoms with van der Waals surface area (Å²) in [6.45, 7) is 6.83. The van der Waals surface area contributed by atoms with Crippen molar-refractivity contribution < 1.29 is 4.79 Å². The molecule has 6 heteroatoms. The number of hydrogen-bond acceptors (Lipinski definition) is 4. The minimum Gasteiger partial charge on any atom is -0.354 e. The number of aryl methyl sites for hydroxylation is 1. The average Bonchev–Trinajstić information content (AvgIpc) is 2.87. The highest BCUT2D eigenvalue weighted by Crippen LogP contribution is 2.29. The number of rotatable bonds is 5. The van der Waals surface area contributed by atoms with E-state index in [1.165, 1.54) is 19.2 Å². The molecule has 1 atom stereocenters. The third kappa shape index (κ3) is 4.02. The van der Waals surface area contributed by atoms with Gasteiger partial charge in [0.1, 0.15) is 12.7 Å². The molecule has 1 fully saturated rings. The molecular formula is C13H23N5O. The molecule has 1 amide bonds. The van der Waals surface area contributed by atoms with E-state index in [1.54, 1.807) is 11.0 Å². The van der Waals surface area contributed by atoms with Crippen LogP contribution in [-0.2, 0) is 11.3 Å². The van der Waals surface area contributed by atoms with E-state index < -0.39 is 0 Å². The maximum atomic E-state index is 11.8. The Morgan fingerprint density at radius 2 is 2.42 bits per heavy atom. The number of amides is 1. The molecule has 2 N–H and O–H groups in total. The van der Waals surface area contributed by atoms with E-state index >= 15 is 0 Å². The molecule has 1 aromatic rings. The smallest absolute Gasteiger partial charge is 0.221 e. The van der Waals surface area contributed by atoms with Gasteiger partial charge in [0.2, 0.25) is 5.91 Å². The molecule has 1 aromatic heterocycles. The zero-order valence-electron chi connectivity index (χ0n) is 11.7. The summed E-state index contributed by atoms with van der Waals surface area (Å²) in [5.41, 5.74) is 0.247. The van der Waals surface area contributed by atoms with Crippen LogP contribution < -0.4 is 10.6 Å². The van der Waals surface area contributed by atoms with Crippen molar-refractivity contribution in [3.8, 4) is 0 Å². The van der Waals surface area contributed by atoms with Crippen molar-refractivity contribution >= 4 is 5.91 Å². The monoisotopic (exact) mass is 265 g/mol. The molecule has 0 spiro atoms. The second kappa shape index (κ2) is 6.14. The second-order valence-corrected chi connectivity index (χ2v) is 5.81. The summed E-state index contributed by atoms with van der Waals surface area (Å²) < 4.78 is 1.67. The Bertz CT molecular complexity index is 401. The third-order valence-electron chi connectivity index (χ3n) is 3.87. The fourth-order valence-electron chi connectivity index (χ4n) is 2.49. The van der Waals surface area contributed by atoms with Crippen LogP contribution in [0.5, 0.6) is 0 Å². The molecule has 6 nitrogen and oxygen atoms in total. The van der Waals surface area contributed by atoms with Crippen molar-refractivity contribution in [2.45, 2.75) is 45.7 Å². The van der Waals surface area contributed by atoms with Crippen LogP contribution in [0.1, 0.15) is 33.1 Å². The van der Waals surface area contributed by atoms with Crippen LogP contribution >= 0.6 is 0 Å². The maximum Gasteiger partial charge on any atom is 0.221 e. The molecule has 0 saturated carbocycles. The van der Waals surface area contributed by atoms with Gasteiger partial charge in [-0.05, 0) is 24.8 Å². The van der Waals surface area contributed by atoms with Crippen LogP contribution in [0.3, 0.4) is 0 Å². The first-order chi connectivity index (χ1) is 9.08. The first kappa shape index (κ1) is 14.0. The summed E-state index contributed by atoms with van der Waals surface area (Å²) in [6, 6.07) is 0.358. The Morgan fingerprint density at radius 3 is 3.11 bits per heavy atom. The molecule has 0 aromatic carbocycles. The second-order valence-electron chi connectivity index (χ2n) is 5.81. The van der Waals surface area contributed by atoms with E-state index in [1.807, 2.05) is 0 Å². The number of carbonyl (C=O) groups is 1. The molecule has 0 radical (unpaired) electrons. The number of piperidine rings is 1. The molecule has 19 heavy (non-hydrogen) atoms. The quantitative estimate of drug-likeness (QED) is 0.816. The van der Waals surface area contributed by atoms with Gasteiger partial charge >= 0.3 is 0 Å². The Labute approximate surface area is 114 Å². The van der Waals surface area contributed by atoms with Gasteiger partial charge < -0.3 is 10.6 Å². The molecule has 2 heterocycles. The summed E-state index contributed by atoms with van der Waals surface area (Å²) in [4.78, 5) is 15.6. The van der Waals surface area contributed by atoms with Crippen molar-refractivity contribution in [2.75, 3.05) is 13.1 Å². The number of nitrogens with zero attached hydrogens (tertiary/aromatic N) is 3. The molecule has 1 saturated heterocycles. The molecule has 1 aliphatic heterocycles. The first-order valence-corrected chi connectivity index (χ1v) is 6.90. The number of nitrogens with one attached hydrogen (secondary N) is 2. The highest BCUT2D eigenvalue weighted by atomic mass is 16.1. The van der Waals surface area contributed by atoms with Crippen LogP contribution in [0.2, 0.25) is 0 Å². The fourth-order valence-corrected chi connectivity index (χ4v) is 2.49. The molecule has 0 aliphatic carbocycles. The van der Waals surface area contributed by atoms with Crippen LogP contribution in [0.4, 0.5) is 0 Å². The van der Waals surface area contributed by atoms with E-state index in [9.17, 15) is 4.79 Å². The van der Waals surface area contributed by atoms with Crippen LogP contribution in [0.25, 0.3) is 0 Å². The molecule has 106 valence electrons. The third-order valence-corrected chi connectivity index (χ3v) is 3.87.